The minimum Gasteiger partial charge on any atom is -0.496 e. The van der Waals surface area contributed by atoms with Crippen LogP contribution in [0.15, 0.2) is 42.7 Å². The molecule has 1 aromatic carbocycles. The number of hydrogen-bond acceptors (Lipinski definition) is 5. The summed E-state index contributed by atoms with van der Waals surface area (Å²) in [6.07, 6.45) is 2.44. The van der Waals surface area contributed by atoms with Crippen LogP contribution in [0.4, 0.5) is 13.2 Å². The Morgan fingerprint density at radius 2 is 2.06 bits per heavy atom. The number of halogens is 3. The van der Waals surface area contributed by atoms with E-state index in [1.54, 1.807) is 13.3 Å². The Labute approximate surface area is 187 Å². The van der Waals surface area contributed by atoms with Crippen molar-refractivity contribution >= 4 is 0 Å². The standard InChI is InChI=1S/C23H21F3N6O/c1-33-19-7-3-5-15-13(4-2-6-16(15)19)11-20-28-12-18(29-20)17-10-14(8-9-27-17)21-22(23(24,25)26)31-32-30-21/h3,5,7-10,12-13H,2,4,6,11H2,1H3,(H,28,29)(H,30,31,32). The summed E-state index contributed by atoms with van der Waals surface area (Å²) in [4.78, 5) is 12.2. The van der Waals surface area contributed by atoms with Gasteiger partial charge in [-0.05, 0) is 54.5 Å². The summed E-state index contributed by atoms with van der Waals surface area (Å²) in [6, 6.07) is 9.15. The first-order chi connectivity index (χ1) is 15.9. The third kappa shape index (κ3) is 4.08. The van der Waals surface area contributed by atoms with Gasteiger partial charge in [0.15, 0.2) is 5.69 Å². The zero-order valence-corrected chi connectivity index (χ0v) is 17.8. The lowest BCUT2D eigenvalue weighted by Gasteiger charge is -2.26. The highest BCUT2D eigenvalue weighted by atomic mass is 19.4. The van der Waals surface area contributed by atoms with Crippen LogP contribution in [-0.4, -0.2) is 37.5 Å². The first-order valence-electron chi connectivity index (χ1n) is 10.6. The van der Waals surface area contributed by atoms with Crippen molar-refractivity contribution in [2.75, 3.05) is 7.11 Å². The molecule has 1 aliphatic rings. The number of H-pyrrole nitrogens is 2. The molecule has 1 aliphatic carbocycles. The number of imidazole rings is 1. The van der Waals surface area contributed by atoms with Gasteiger partial charge in [0, 0.05) is 24.4 Å². The highest BCUT2D eigenvalue weighted by Gasteiger charge is 2.37. The lowest BCUT2D eigenvalue weighted by atomic mass is 9.80. The second kappa shape index (κ2) is 8.34. The van der Waals surface area contributed by atoms with E-state index in [2.05, 4.69) is 31.3 Å². The maximum Gasteiger partial charge on any atom is 0.435 e. The summed E-state index contributed by atoms with van der Waals surface area (Å²) in [5.74, 6) is 2.03. The molecule has 33 heavy (non-hydrogen) atoms. The Bertz CT molecular complexity index is 1280. The number of alkyl halides is 3. The van der Waals surface area contributed by atoms with Crippen LogP contribution in [-0.2, 0) is 19.0 Å². The van der Waals surface area contributed by atoms with E-state index in [0.717, 1.165) is 37.3 Å². The van der Waals surface area contributed by atoms with E-state index < -0.39 is 11.9 Å². The van der Waals surface area contributed by atoms with Crippen molar-refractivity contribution in [3.05, 3.63) is 65.4 Å². The molecular formula is C23H21F3N6O. The van der Waals surface area contributed by atoms with E-state index in [4.69, 9.17) is 4.74 Å². The zero-order chi connectivity index (χ0) is 23.0. The van der Waals surface area contributed by atoms with Gasteiger partial charge in [-0.15, -0.1) is 5.10 Å². The van der Waals surface area contributed by atoms with E-state index >= 15 is 0 Å². The Morgan fingerprint density at radius 1 is 1.18 bits per heavy atom. The number of methoxy groups -OCH3 is 1. The fourth-order valence-electron chi connectivity index (χ4n) is 4.49. The molecule has 4 aromatic rings. The number of nitrogens with one attached hydrogen (secondary N) is 2. The monoisotopic (exact) mass is 454 g/mol. The summed E-state index contributed by atoms with van der Waals surface area (Å²) in [6.45, 7) is 0. The molecule has 0 radical (unpaired) electrons. The van der Waals surface area contributed by atoms with Crippen LogP contribution in [0.25, 0.3) is 22.6 Å². The van der Waals surface area contributed by atoms with E-state index in [9.17, 15) is 13.2 Å². The molecule has 0 aliphatic heterocycles. The van der Waals surface area contributed by atoms with Crippen molar-refractivity contribution in [3.8, 4) is 28.4 Å². The van der Waals surface area contributed by atoms with Crippen LogP contribution in [0.3, 0.4) is 0 Å². The summed E-state index contributed by atoms with van der Waals surface area (Å²) in [5, 5.41) is 8.87. The molecular weight excluding hydrogens is 433 g/mol. The van der Waals surface area contributed by atoms with Crippen LogP contribution < -0.4 is 4.74 Å². The smallest absolute Gasteiger partial charge is 0.435 e. The lowest BCUT2D eigenvalue weighted by molar-refractivity contribution is -0.140. The molecule has 0 amide bonds. The summed E-state index contributed by atoms with van der Waals surface area (Å²) < 4.78 is 45.2. The first kappa shape index (κ1) is 21.2. The van der Waals surface area contributed by atoms with Crippen LogP contribution >= 0.6 is 0 Å². The van der Waals surface area contributed by atoms with Crippen LogP contribution in [0.5, 0.6) is 5.75 Å². The zero-order valence-electron chi connectivity index (χ0n) is 17.8. The molecule has 3 aromatic heterocycles. The molecule has 2 N–H and O–H groups in total. The van der Waals surface area contributed by atoms with Gasteiger partial charge >= 0.3 is 6.18 Å². The van der Waals surface area contributed by atoms with Crippen molar-refractivity contribution < 1.29 is 17.9 Å². The van der Waals surface area contributed by atoms with Crippen LogP contribution in [0.2, 0.25) is 0 Å². The fraction of sp³-hybridized carbons (Fsp3) is 0.304. The van der Waals surface area contributed by atoms with E-state index in [1.165, 1.54) is 29.5 Å². The number of hydrogen-bond donors (Lipinski definition) is 2. The number of aromatic nitrogens is 6. The Kier molecular flexibility index (Phi) is 5.35. The van der Waals surface area contributed by atoms with E-state index in [-0.39, 0.29) is 11.3 Å². The maximum atomic E-state index is 13.2. The molecule has 7 nitrogen and oxygen atoms in total. The molecule has 0 saturated carbocycles. The van der Waals surface area contributed by atoms with Crippen molar-refractivity contribution in [2.24, 2.45) is 0 Å². The largest absolute Gasteiger partial charge is 0.496 e. The second-order valence-corrected chi connectivity index (χ2v) is 8.02. The molecule has 0 fully saturated rings. The number of aromatic amines is 2. The molecule has 1 atom stereocenters. The van der Waals surface area contributed by atoms with Crippen molar-refractivity contribution in [2.45, 2.75) is 37.8 Å². The minimum atomic E-state index is -4.58. The normalized spacial score (nSPS) is 15.9. The van der Waals surface area contributed by atoms with Gasteiger partial charge in [-0.2, -0.15) is 13.2 Å². The number of benzene rings is 1. The van der Waals surface area contributed by atoms with Gasteiger partial charge < -0.3 is 9.72 Å². The van der Waals surface area contributed by atoms with Crippen molar-refractivity contribution in [1.29, 1.82) is 0 Å². The minimum absolute atomic E-state index is 0.263. The predicted octanol–water partition coefficient (Wildman–Crippen LogP) is 4.95. The van der Waals surface area contributed by atoms with Crippen molar-refractivity contribution in [3.63, 3.8) is 0 Å². The maximum absolute atomic E-state index is 13.2. The van der Waals surface area contributed by atoms with Gasteiger partial charge in [0.05, 0.1) is 12.8 Å². The van der Waals surface area contributed by atoms with Crippen LogP contribution in [0.1, 0.15) is 41.4 Å². The third-order valence-electron chi connectivity index (χ3n) is 6.01. The first-order valence-corrected chi connectivity index (χ1v) is 10.6. The fourth-order valence-corrected chi connectivity index (χ4v) is 4.49. The molecule has 170 valence electrons. The van der Waals surface area contributed by atoms with Crippen LogP contribution in [0, 0.1) is 0 Å². The molecule has 5 rings (SSSR count). The van der Waals surface area contributed by atoms with Gasteiger partial charge in [-0.25, -0.2) is 4.98 Å². The van der Waals surface area contributed by atoms with E-state index in [0.29, 0.717) is 17.3 Å². The SMILES string of the molecule is COc1cccc2c1CCCC2Cc1nc(-c2cc(-c3nn[nH]c3C(F)(F)F)ccn2)c[nH]1. The number of fused-ring (bicyclic) bond motifs is 1. The third-order valence-corrected chi connectivity index (χ3v) is 6.01. The van der Waals surface area contributed by atoms with Gasteiger partial charge in [0.1, 0.15) is 23.0 Å². The molecule has 0 bridgehead atoms. The van der Waals surface area contributed by atoms with Gasteiger partial charge in [-0.1, -0.05) is 17.3 Å². The molecule has 10 heteroatoms. The Balaban J connectivity index is 1.40. The lowest BCUT2D eigenvalue weighted by Crippen LogP contribution is -2.13. The number of pyridine rings is 1. The van der Waals surface area contributed by atoms with E-state index in [1.807, 2.05) is 17.2 Å². The molecule has 1 unspecified atom stereocenters. The average molecular weight is 454 g/mol. The Morgan fingerprint density at radius 3 is 2.88 bits per heavy atom. The van der Waals surface area contributed by atoms with Gasteiger partial charge in [0.2, 0.25) is 0 Å². The van der Waals surface area contributed by atoms with Gasteiger partial charge in [0.25, 0.3) is 0 Å². The highest BCUT2D eigenvalue weighted by molar-refractivity contribution is 5.67. The topological polar surface area (TPSA) is 92.4 Å². The molecule has 0 saturated heterocycles. The average Bonchev–Trinajstić information content (AvgIpc) is 3.49. The highest BCUT2D eigenvalue weighted by Crippen LogP contribution is 2.38. The predicted molar refractivity (Wildman–Crippen MR) is 115 cm³/mol. The number of nitrogens with zero attached hydrogens (tertiary/aromatic N) is 4. The number of ether oxygens (including phenoxy) is 1. The number of rotatable bonds is 5. The summed E-state index contributed by atoms with van der Waals surface area (Å²) in [7, 11) is 1.69. The molecule has 3 heterocycles. The quantitative estimate of drug-likeness (QED) is 0.445. The van der Waals surface area contributed by atoms with Gasteiger partial charge in [-0.3, -0.25) is 10.1 Å². The van der Waals surface area contributed by atoms with Crippen molar-refractivity contribution in [1.82, 2.24) is 30.4 Å². The Hall–Kier alpha value is -3.69. The molecule has 0 spiro atoms. The summed E-state index contributed by atoms with van der Waals surface area (Å²) >= 11 is 0. The second-order valence-electron chi connectivity index (χ2n) is 8.02. The summed E-state index contributed by atoms with van der Waals surface area (Å²) in [5.41, 5.74) is 2.56.